The predicted octanol–water partition coefficient (Wildman–Crippen LogP) is 2.90. The van der Waals surface area contributed by atoms with Crippen LogP contribution in [0.1, 0.15) is 15.9 Å². The van der Waals surface area contributed by atoms with E-state index in [0.29, 0.717) is 40.3 Å². The summed E-state index contributed by atoms with van der Waals surface area (Å²) in [6.45, 7) is 0.509. The van der Waals surface area contributed by atoms with Crippen LogP contribution >= 0.6 is 23.4 Å². The van der Waals surface area contributed by atoms with E-state index in [2.05, 4.69) is 5.32 Å². The molecule has 2 aliphatic rings. The van der Waals surface area contributed by atoms with Crippen LogP contribution in [0.2, 0.25) is 5.02 Å². The maximum Gasteiger partial charge on any atom is 0.255 e. The summed E-state index contributed by atoms with van der Waals surface area (Å²) in [7, 11) is 0. The molecular weight excluding hydrogens is 388 g/mol. The Morgan fingerprint density at radius 1 is 1.22 bits per heavy atom. The summed E-state index contributed by atoms with van der Waals surface area (Å²) in [5, 5.41) is 3.24. The first-order valence-corrected chi connectivity index (χ1v) is 9.96. The number of amides is 2. The van der Waals surface area contributed by atoms with Gasteiger partial charge < -0.3 is 19.7 Å². The molecule has 6 nitrogen and oxygen atoms in total. The van der Waals surface area contributed by atoms with E-state index in [1.807, 2.05) is 30.3 Å². The fourth-order valence-corrected chi connectivity index (χ4v) is 4.44. The predicted molar refractivity (Wildman–Crippen MR) is 103 cm³/mol. The van der Waals surface area contributed by atoms with Crippen LogP contribution < -0.4 is 14.8 Å². The number of nitrogens with zero attached hydrogens (tertiary/aromatic N) is 1. The van der Waals surface area contributed by atoms with Gasteiger partial charge in [0.05, 0.1) is 10.9 Å². The lowest BCUT2D eigenvalue weighted by atomic mass is 10.1. The third kappa shape index (κ3) is 3.70. The first kappa shape index (κ1) is 18.0. The molecule has 1 N–H and O–H groups in total. The molecule has 4 rings (SSSR count). The number of ether oxygens (including phenoxy) is 2. The number of hydrogen-bond acceptors (Lipinski definition) is 5. The van der Waals surface area contributed by atoms with E-state index >= 15 is 0 Å². The van der Waals surface area contributed by atoms with Gasteiger partial charge >= 0.3 is 0 Å². The molecule has 0 unspecified atom stereocenters. The molecule has 8 heteroatoms. The van der Waals surface area contributed by atoms with Crippen LogP contribution in [0.3, 0.4) is 0 Å². The molecular formula is C19H17ClN2O4S. The fraction of sp³-hybridized carbons (Fsp3) is 0.263. The highest BCUT2D eigenvalue weighted by Gasteiger charge is 2.35. The minimum absolute atomic E-state index is 0.0801. The number of rotatable bonds is 4. The number of carbonyl (C=O) groups excluding carboxylic acids is 2. The van der Waals surface area contributed by atoms with Crippen molar-refractivity contribution in [3.05, 3.63) is 58.6 Å². The van der Waals surface area contributed by atoms with E-state index < -0.39 is 6.04 Å². The summed E-state index contributed by atoms with van der Waals surface area (Å²) in [4.78, 5) is 27.2. The number of carbonyl (C=O) groups is 2. The second-order valence-electron chi connectivity index (χ2n) is 6.19. The van der Waals surface area contributed by atoms with E-state index in [4.69, 9.17) is 21.1 Å². The molecule has 2 aliphatic heterocycles. The minimum Gasteiger partial charge on any atom is -0.454 e. The van der Waals surface area contributed by atoms with Gasteiger partial charge in [-0.25, -0.2) is 0 Å². The Morgan fingerprint density at radius 3 is 2.85 bits per heavy atom. The van der Waals surface area contributed by atoms with E-state index in [1.165, 1.54) is 0 Å². The molecule has 1 fully saturated rings. The topological polar surface area (TPSA) is 67.9 Å². The average molecular weight is 405 g/mol. The molecule has 0 aliphatic carbocycles. The standard InChI is InChI=1S/C19H17ClN2O4S/c20-14-6-13(7-16-17(14)26-11-25-16)19(24)22-10-27-9-15(22)18(23)21-8-12-4-2-1-3-5-12/h1-7,15H,8-11H2,(H,21,23)/t15-/m0/s1. The molecule has 0 aromatic heterocycles. The van der Waals surface area contributed by atoms with Gasteiger partial charge in [-0.15, -0.1) is 11.8 Å². The van der Waals surface area contributed by atoms with Gasteiger partial charge in [0, 0.05) is 17.9 Å². The van der Waals surface area contributed by atoms with E-state index in [0.717, 1.165) is 5.56 Å². The lowest BCUT2D eigenvalue weighted by Crippen LogP contribution is -2.47. The molecule has 27 heavy (non-hydrogen) atoms. The van der Waals surface area contributed by atoms with Crippen LogP contribution in [-0.4, -0.2) is 41.2 Å². The summed E-state index contributed by atoms with van der Waals surface area (Å²) in [6.07, 6.45) is 0. The third-order valence-electron chi connectivity index (χ3n) is 4.43. The molecule has 0 bridgehead atoms. The zero-order chi connectivity index (χ0) is 18.8. The number of thioether (sulfide) groups is 1. The maximum atomic E-state index is 13.0. The lowest BCUT2D eigenvalue weighted by Gasteiger charge is -2.23. The molecule has 2 amide bonds. The van der Waals surface area contributed by atoms with Crippen LogP contribution in [0.25, 0.3) is 0 Å². The van der Waals surface area contributed by atoms with Crippen molar-refractivity contribution in [2.75, 3.05) is 18.4 Å². The SMILES string of the molecule is O=C(NCc1ccccc1)[C@@H]1CSCN1C(=O)c1cc(Cl)c2c(c1)OCO2. The highest BCUT2D eigenvalue weighted by molar-refractivity contribution is 7.99. The Bertz CT molecular complexity index is 878. The molecule has 1 saturated heterocycles. The summed E-state index contributed by atoms with van der Waals surface area (Å²) in [6, 6.07) is 12.3. The normalized spacial score (nSPS) is 17.8. The Morgan fingerprint density at radius 2 is 2.04 bits per heavy atom. The molecule has 2 aromatic carbocycles. The van der Waals surface area contributed by atoms with Gasteiger partial charge in [-0.05, 0) is 17.7 Å². The zero-order valence-electron chi connectivity index (χ0n) is 14.3. The second-order valence-corrected chi connectivity index (χ2v) is 7.59. The highest BCUT2D eigenvalue weighted by atomic mass is 35.5. The van der Waals surface area contributed by atoms with Crippen molar-refractivity contribution < 1.29 is 19.1 Å². The van der Waals surface area contributed by atoms with Crippen LogP contribution in [0.4, 0.5) is 0 Å². The molecule has 0 spiro atoms. The summed E-state index contributed by atoms with van der Waals surface area (Å²) in [5.41, 5.74) is 1.39. The van der Waals surface area contributed by atoms with Crippen LogP contribution in [-0.2, 0) is 11.3 Å². The second kappa shape index (κ2) is 7.70. The monoisotopic (exact) mass is 404 g/mol. The van der Waals surface area contributed by atoms with Crippen molar-refractivity contribution in [3.63, 3.8) is 0 Å². The molecule has 1 atom stereocenters. The number of hydrogen-bond donors (Lipinski definition) is 1. The van der Waals surface area contributed by atoms with Crippen molar-refractivity contribution in [2.45, 2.75) is 12.6 Å². The average Bonchev–Trinajstić information content (AvgIpc) is 3.36. The summed E-state index contributed by atoms with van der Waals surface area (Å²) in [5.74, 6) is 1.49. The smallest absolute Gasteiger partial charge is 0.255 e. The van der Waals surface area contributed by atoms with Crippen molar-refractivity contribution >= 4 is 35.2 Å². The van der Waals surface area contributed by atoms with Crippen molar-refractivity contribution in [2.24, 2.45) is 0 Å². The highest BCUT2D eigenvalue weighted by Crippen LogP contribution is 2.40. The molecule has 2 aromatic rings. The van der Waals surface area contributed by atoms with Crippen LogP contribution in [0, 0.1) is 0 Å². The van der Waals surface area contributed by atoms with Gasteiger partial charge in [-0.3, -0.25) is 9.59 Å². The maximum absolute atomic E-state index is 13.0. The Hall–Kier alpha value is -2.38. The van der Waals surface area contributed by atoms with Crippen LogP contribution in [0.5, 0.6) is 11.5 Å². The van der Waals surface area contributed by atoms with Crippen molar-refractivity contribution in [1.82, 2.24) is 10.2 Å². The van der Waals surface area contributed by atoms with Crippen LogP contribution in [0.15, 0.2) is 42.5 Å². The van der Waals surface area contributed by atoms with Gasteiger partial charge in [-0.1, -0.05) is 41.9 Å². The Labute approximate surface area is 165 Å². The number of nitrogens with one attached hydrogen (secondary N) is 1. The van der Waals surface area contributed by atoms with Crippen molar-refractivity contribution in [3.8, 4) is 11.5 Å². The minimum atomic E-state index is -0.518. The first-order chi connectivity index (χ1) is 13.1. The van der Waals surface area contributed by atoms with Gasteiger partial charge in [0.25, 0.3) is 5.91 Å². The van der Waals surface area contributed by atoms with Gasteiger partial charge in [0.2, 0.25) is 12.7 Å². The quantitative estimate of drug-likeness (QED) is 0.848. The van der Waals surface area contributed by atoms with Gasteiger partial charge in [-0.2, -0.15) is 0 Å². The summed E-state index contributed by atoms with van der Waals surface area (Å²) < 4.78 is 10.6. The number of benzene rings is 2. The van der Waals surface area contributed by atoms with E-state index in [-0.39, 0.29) is 18.6 Å². The first-order valence-electron chi connectivity index (χ1n) is 8.43. The zero-order valence-corrected chi connectivity index (χ0v) is 15.9. The molecule has 0 radical (unpaired) electrons. The lowest BCUT2D eigenvalue weighted by molar-refractivity contribution is -0.124. The Kier molecular flexibility index (Phi) is 5.13. The summed E-state index contributed by atoms with van der Waals surface area (Å²) >= 11 is 7.73. The molecule has 140 valence electrons. The molecule has 2 heterocycles. The number of halogens is 1. The fourth-order valence-electron chi connectivity index (χ4n) is 3.02. The number of fused-ring (bicyclic) bond motifs is 1. The largest absolute Gasteiger partial charge is 0.454 e. The van der Waals surface area contributed by atoms with Gasteiger partial charge in [0.15, 0.2) is 11.5 Å². The Balaban J connectivity index is 1.47. The molecule has 0 saturated carbocycles. The third-order valence-corrected chi connectivity index (χ3v) is 5.72. The van der Waals surface area contributed by atoms with E-state index in [1.54, 1.807) is 28.8 Å². The van der Waals surface area contributed by atoms with Gasteiger partial charge in [0.1, 0.15) is 6.04 Å². The van der Waals surface area contributed by atoms with E-state index in [9.17, 15) is 9.59 Å². The van der Waals surface area contributed by atoms with Crippen molar-refractivity contribution in [1.29, 1.82) is 0 Å².